The van der Waals surface area contributed by atoms with E-state index in [-0.39, 0.29) is 34.6 Å². The third-order valence-corrected chi connectivity index (χ3v) is 10.7. The lowest BCUT2D eigenvalue weighted by Crippen LogP contribution is -2.49. The minimum atomic E-state index is -2.18. The summed E-state index contributed by atoms with van der Waals surface area (Å²) in [5, 5.41) is 23.8. The molecule has 1 saturated carbocycles. The van der Waals surface area contributed by atoms with Crippen LogP contribution in [0.15, 0.2) is 48.6 Å². The van der Waals surface area contributed by atoms with Crippen LogP contribution in [0.2, 0.25) is 5.02 Å². The highest BCUT2D eigenvalue weighted by molar-refractivity contribution is 6.30. The number of nitrogens with zero attached hydrogens (tertiary/aromatic N) is 2. The number of halogens is 1. The first-order valence-electron chi connectivity index (χ1n) is 15.8. The molecule has 0 saturated heterocycles. The van der Waals surface area contributed by atoms with Gasteiger partial charge < -0.3 is 29.5 Å². The lowest BCUT2D eigenvalue weighted by atomic mass is 9.68. The van der Waals surface area contributed by atoms with Crippen molar-refractivity contribution < 1.29 is 29.3 Å². The summed E-state index contributed by atoms with van der Waals surface area (Å²) < 4.78 is 11.7. The minimum Gasteiger partial charge on any atom is -0.490 e. The van der Waals surface area contributed by atoms with E-state index < -0.39 is 24.1 Å². The Morgan fingerprint density at radius 1 is 1.14 bits per heavy atom. The molecule has 236 valence electrons. The maximum atomic E-state index is 13.4. The van der Waals surface area contributed by atoms with Gasteiger partial charge in [-0.25, -0.2) is 4.79 Å². The normalized spacial score (nSPS) is 32.9. The van der Waals surface area contributed by atoms with Crippen molar-refractivity contribution in [3.63, 3.8) is 0 Å². The number of rotatable bonds is 1. The number of carbonyl (C=O) groups is 2. The zero-order valence-corrected chi connectivity index (χ0v) is 26.6. The number of ether oxygens (including phenoxy) is 2. The van der Waals surface area contributed by atoms with E-state index in [2.05, 4.69) is 17.0 Å². The zero-order chi connectivity index (χ0) is 31.2. The van der Waals surface area contributed by atoms with Gasteiger partial charge in [0.1, 0.15) is 5.75 Å². The summed E-state index contributed by atoms with van der Waals surface area (Å²) in [4.78, 5) is 30.4. The number of fused-ring (bicyclic) bond motifs is 4. The Hall–Kier alpha value is -3.07. The first kappa shape index (κ1) is 30.9. The van der Waals surface area contributed by atoms with Crippen LogP contribution in [-0.2, 0) is 31.8 Å². The maximum absolute atomic E-state index is 13.4. The molecule has 8 nitrogen and oxygen atoms in total. The summed E-state index contributed by atoms with van der Waals surface area (Å²) in [6, 6.07) is 11.4. The molecule has 2 bridgehead atoms. The molecule has 0 aromatic heterocycles. The van der Waals surface area contributed by atoms with Crippen molar-refractivity contribution in [2.45, 2.75) is 62.6 Å². The van der Waals surface area contributed by atoms with Crippen LogP contribution in [-0.4, -0.2) is 73.5 Å². The van der Waals surface area contributed by atoms with E-state index in [0.717, 1.165) is 42.8 Å². The molecule has 1 amide bonds. The summed E-state index contributed by atoms with van der Waals surface area (Å²) >= 11 is 6.41. The molecule has 2 aliphatic carbocycles. The first-order valence-corrected chi connectivity index (χ1v) is 16.1. The standard InChI is InChI=1S/C35H43ClN2O6/c1-22-6-12-30(39)27-10-7-24(27)19-38-20-34(14-4-5-23-15-26(36)9-11-28(23)34)21-44-31-13-8-25(16-29(31)38)35(42,33(41)43-3)17-32(40)37(2)18-22/h6,8-9,11-13,15-16,22,24,27,30,39,42H,4-5,7,10,14,17-21H2,1-3H3/b12-6+/t22-,24+,27-,30+,34+,35-/m1/s1. The number of amides is 1. The topological polar surface area (TPSA) is 99.5 Å². The highest BCUT2D eigenvalue weighted by Crippen LogP contribution is 2.47. The van der Waals surface area contributed by atoms with Gasteiger partial charge in [0, 0.05) is 37.1 Å². The van der Waals surface area contributed by atoms with E-state index in [9.17, 15) is 19.8 Å². The predicted molar refractivity (Wildman–Crippen MR) is 169 cm³/mol. The molecule has 2 aromatic carbocycles. The third-order valence-electron chi connectivity index (χ3n) is 10.4. The largest absolute Gasteiger partial charge is 0.490 e. The number of hydrogen-bond donors (Lipinski definition) is 2. The molecule has 6 atom stereocenters. The molecular formula is C35H43ClN2O6. The smallest absolute Gasteiger partial charge is 0.343 e. The number of aliphatic hydroxyl groups excluding tert-OH is 1. The van der Waals surface area contributed by atoms with Gasteiger partial charge in [-0.05, 0) is 90.8 Å². The fourth-order valence-corrected chi connectivity index (χ4v) is 7.98. The summed E-state index contributed by atoms with van der Waals surface area (Å²) in [5.74, 6) is -0.267. The number of hydrogen-bond acceptors (Lipinski definition) is 7. The van der Waals surface area contributed by atoms with Gasteiger partial charge in [-0.15, -0.1) is 0 Å². The van der Waals surface area contributed by atoms with E-state index in [4.69, 9.17) is 21.1 Å². The molecular weight excluding hydrogens is 580 g/mol. The number of carbonyl (C=O) groups excluding carboxylic acids is 2. The third kappa shape index (κ3) is 5.61. The quantitative estimate of drug-likeness (QED) is 0.354. The van der Waals surface area contributed by atoms with Gasteiger partial charge in [0.15, 0.2) is 5.60 Å². The molecule has 9 heteroatoms. The van der Waals surface area contributed by atoms with Crippen molar-refractivity contribution in [2.24, 2.45) is 17.8 Å². The summed E-state index contributed by atoms with van der Waals surface area (Å²) in [7, 11) is 2.88. The lowest BCUT2D eigenvalue weighted by molar-refractivity contribution is -0.168. The Morgan fingerprint density at radius 3 is 2.70 bits per heavy atom. The average molecular weight is 623 g/mol. The van der Waals surface area contributed by atoms with Crippen LogP contribution in [0.3, 0.4) is 0 Å². The minimum absolute atomic E-state index is 0.0235. The molecule has 4 aliphatic rings. The number of aliphatic hydroxyl groups is 2. The number of benzene rings is 2. The van der Waals surface area contributed by atoms with Crippen LogP contribution >= 0.6 is 11.6 Å². The molecule has 0 unspecified atom stereocenters. The lowest BCUT2D eigenvalue weighted by Gasteiger charge is -2.45. The average Bonchev–Trinajstić information content (AvgIpc) is 3.14. The van der Waals surface area contributed by atoms with Crippen molar-refractivity contribution in [3.8, 4) is 5.75 Å². The van der Waals surface area contributed by atoms with Gasteiger partial charge in [0.05, 0.1) is 31.9 Å². The van der Waals surface area contributed by atoms with Crippen molar-refractivity contribution in [3.05, 3.63) is 70.3 Å². The predicted octanol–water partition coefficient (Wildman–Crippen LogP) is 4.62. The van der Waals surface area contributed by atoms with Gasteiger partial charge >= 0.3 is 5.97 Å². The van der Waals surface area contributed by atoms with Crippen LogP contribution in [0.5, 0.6) is 5.75 Å². The number of methoxy groups -OCH3 is 1. The molecule has 2 aliphatic heterocycles. The van der Waals surface area contributed by atoms with E-state index >= 15 is 0 Å². The molecule has 0 radical (unpaired) electrons. The zero-order valence-electron chi connectivity index (χ0n) is 25.8. The fourth-order valence-electron chi connectivity index (χ4n) is 7.78. The SMILES string of the molecule is COC(=O)[C@@]1(O)CC(=O)N(C)C[C@H](C)/C=C/[C@H](O)[C@@H]2CC[C@H]2CN2C[C@@]3(CCCc4cc(Cl)ccc43)COc3ccc1cc32. The second kappa shape index (κ2) is 12.0. The number of esters is 1. The maximum Gasteiger partial charge on any atom is 0.343 e. The van der Waals surface area contributed by atoms with Gasteiger partial charge in [-0.2, -0.15) is 0 Å². The van der Waals surface area contributed by atoms with Crippen LogP contribution in [0.25, 0.3) is 0 Å². The molecule has 44 heavy (non-hydrogen) atoms. The first-order chi connectivity index (χ1) is 21.0. The molecule has 1 fully saturated rings. The Bertz CT molecular complexity index is 1460. The Labute approximate surface area is 264 Å². The molecule has 2 aromatic rings. The van der Waals surface area contributed by atoms with Gasteiger partial charge in [0.25, 0.3) is 0 Å². The summed E-state index contributed by atoms with van der Waals surface area (Å²) in [6.07, 6.45) is 7.66. The van der Waals surface area contributed by atoms with E-state index in [1.54, 1.807) is 25.2 Å². The second-order valence-corrected chi connectivity index (χ2v) is 13.9. The Balaban J connectivity index is 1.47. The van der Waals surface area contributed by atoms with Crippen LogP contribution < -0.4 is 9.64 Å². The van der Waals surface area contributed by atoms with Gasteiger partial charge in [-0.1, -0.05) is 42.8 Å². The molecule has 2 N–H and O–H groups in total. The van der Waals surface area contributed by atoms with E-state index in [0.29, 0.717) is 32.0 Å². The Kier molecular flexibility index (Phi) is 8.46. The van der Waals surface area contributed by atoms with Crippen LogP contribution in [0, 0.1) is 17.8 Å². The van der Waals surface area contributed by atoms with E-state index in [1.165, 1.54) is 23.1 Å². The Morgan fingerprint density at radius 2 is 1.95 bits per heavy atom. The van der Waals surface area contributed by atoms with Crippen molar-refractivity contribution >= 4 is 29.2 Å². The summed E-state index contributed by atoms with van der Waals surface area (Å²) in [5.41, 5.74) is 1.07. The molecule has 1 spiro atoms. The number of anilines is 1. The van der Waals surface area contributed by atoms with Gasteiger partial charge in [-0.3, -0.25) is 4.79 Å². The molecule has 2 heterocycles. The van der Waals surface area contributed by atoms with Crippen LogP contribution in [0.1, 0.15) is 55.7 Å². The molecule has 6 rings (SSSR count). The monoisotopic (exact) mass is 622 g/mol. The van der Waals surface area contributed by atoms with E-state index in [1.807, 2.05) is 25.1 Å². The van der Waals surface area contributed by atoms with Gasteiger partial charge in [0.2, 0.25) is 5.91 Å². The van der Waals surface area contributed by atoms with Crippen molar-refractivity contribution in [1.29, 1.82) is 0 Å². The summed E-state index contributed by atoms with van der Waals surface area (Å²) in [6.45, 7) is 4.20. The number of aryl methyl sites for hydroxylation is 1. The van der Waals surface area contributed by atoms with Crippen molar-refractivity contribution in [2.75, 3.05) is 45.3 Å². The highest BCUT2D eigenvalue weighted by Gasteiger charge is 2.46. The highest BCUT2D eigenvalue weighted by atomic mass is 35.5. The second-order valence-electron chi connectivity index (χ2n) is 13.4. The fraction of sp³-hybridized carbons (Fsp3) is 0.543. The van der Waals surface area contributed by atoms with Crippen LogP contribution in [0.4, 0.5) is 5.69 Å². The van der Waals surface area contributed by atoms with Crippen molar-refractivity contribution in [1.82, 2.24) is 4.90 Å².